The summed E-state index contributed by atoms with van der Waals surface area (Å²) in [5.74, 6) is 0.290. The van der Waals surface area contributed by atoms with E-state index in [2.05, 4.69) is 10.4 Å². The predicted octanol–water partition coefficient (Wildman–Crippen LogP) is 4.89. The molecule has 0 bridgehead atoms. The molecule has 130 valence electrons. The van der Waals surface area contributed by atoms with Crippen LogP contribution in [0.25, 0.3) is 10.9 Å². The summed E-state index contributed by atoms with van der Waals surface area (Å²) in [5.41, 5.74) is 3.31. The Kier molecular flexibility index (Phi) is 4.22. The van der Waals surface area contributed by atoms with Gasteiger partial charge in [-0.2, -0.15) is 5.10 Å². The Balaban J connectivity index is 1.68. The molecule has 0 atom stereocenters. The fourth-order valence-corrected chi connectivity index (χ4v) is 3.00. The van der Waals surface area contributed by atoms with Gasteiger partial charge in [0.1, 0.15) is 6.26 Å². The van der Waals surface area contributed by atoms with E-state index in [1.807, 2.05) is 60.1 Å². The van der Waals surface area contributed by atoms with E-state index in [4.69, 9.17) is 16.0 Å². The van der Waals surface area contributed by atoms with E-state index < -0.39 is 0 Å². The van der Waals surface area contributed by atoms with Crippen LogP contribution in [0.4, 0.5) is 5.82 Å². The molecule has 4 aromatic rings. The number of hydrogen-bond acceptors (Lipinski definition) is 3. The molecular weight excluding hydrogens is 350 g/mol. The second-order valence-electron chi connectivity index (χ2n) is 6.07. The summed E-state index contributed by atoms with van der Waals surface area (Å²) in [7, 11) is 0. The first-order chi connectivity index (χ1) is 12.6. The Hall–Kier alpha value is -3.05. The van der Waals surface area contributed by atoms with E-state index in [0.29, 0.717) is 22.9 Å². The topological polar surface area (TPSA) is 60.1 Å². The van der Waals surface area contributed by atoms with Gasteiger partial charge in [0.05, 0.1) is 23.9 Å². The van der Waals surface area contributed by atoms with Gasteiger partial charge in [-0.1, -0.05) is 35.9 Å². The number of hydrogen-bond donors (Lipinski definition) is 1. The van der Waals surface area contributed by atoms with Crippen molar-refractivity contribution in [2.45, 2.75) is 13.5 Å². The van der Waals surface area contributed by atoms with Crippen LogP contribution in [-0.2, 0) is 6.54 Å². The fraction of sp³-hybridized carbons (Fsp3) is 0.100. The molecule has 4 rings (SSSR count). The van der Waals surface area contributed by atoms with Crippen molar-refractivity contribution in [1.29, 1.82) is 0 Å². The Labute approximate surface area is 155 Å². The lowest BCUT2D eigenvalue weighted by molar-refractivity contribution is 0.102. The molecule has 2 aromatic carbocycles. The van der Waals surface area contributed by atoms with E-state index in [1.165, 1.54) is 6.26 Å². The fourth-order valence-electron chi connectivity index (χ4n) is 2.87. The lowest BCUT2D eigenvalue weighted by Gasteiger charge is -2.04. The Bertz CT molecular complexity index is 1080. The first-order valence-electron chi connectivity index (χ1n) is 8.16. The summed E-state index contributed by atoms with van der Waals surface area (Å²) >= 11 is 5.96. The molecule has 0 radical (unpaired) electrons. The number of amides is 1. The van der Waals surface area contributed by atoms with Crippen molar-refractivity contribution in [1.82, 2.24) is 9.78 Å². The maximum Gasteiger partial charge on any atom is 0.260 e. The predicted molar refractivity (Wildman–Crippen MR) is 102 cm³/mol. The van der Waals surface area contributed by atoms with E-state index >= 15 is 0 Å². The third kappa shape index (κ3) is 3.09. The summed E-state index contributed by atoms with van der Waals surface area (Å²) in [4.78, 5) is 12.5. The van der Waals surface area contributed by atoms with Crippen LogP contribution >= 0.6 is 11.6 Å². The molecule has 1 N–H and O–H groups in total. The average Bonchev–Trinajstić information content (AvgIpc) is 3.22. The van der Waals surface area contributed by atoms with E-state index in [1.54, 1.807) is 6.26 Å². The molecule has 0 aliphatic heterocycles. The minimum absolute atomic E-state index is 0.238. The van der Waals surface area contributed by atoms with Crippen LogP contribution in [0.3, 0.4) is 0 Å². The number of furan rings is 1. The number of nitrogens with one attached hydrogen (secondary N) is 1. The standard InChI is InChI=1S/C20H16ClN3O2/c1-13-11-26-12-17(13)20(25)22-19-16-4-2-3-5-18(16)24(23-19)10-14-6-8-15(21)9-7-14/h2-9,11-12H,10H2,1H3,(H,22,23,25). The first kappa shape index (κ1) is 16.4. The van der Waals surface area contributed by atoms with Crippen LogP contribution < -0.4 is 5.32 Å². The number of halogens is 1. The number of nitrogens with zero attached hydrogens (tertiary/aromatic N) is 2. The van der Waals surface area contributed by atoms with Gasteiger partial charge in [-0.05, 0) is 42.3 Å². The molecule has 2 aromatic heterocycles. The SMILES string of the molecule is Cc1cocc1C(=O)Nc1nn(Cc2ccc(Cl)cc2)c2ccccc12. The third-order valence-electron chi connectivity index (χ3n) is 4.24. The van der Waals surface area contributed by atoms with E-state index in [0.717, 1.165) is 22.0 Å². The third-order valence-corrected chi connectivity index (χ3v) is 4.49. The van der Waals surface area contributed by atoms with Crippen LogP contribution in [0, 0.1) is 6.92 Å². The quantitative estimate of drug-likeness (QED) is 0.560. The van der Waals surface area contributed by atoms with Crippen molar-refractivity contribution in [3.63, 3.8) is 0 Å². The zero-order valence-electron chi connectivity index (χ0n) is 14.1. The number of rotatable bonds is 4. The second-order valence-corrected chi connectivity index (χ2v) is 6.51. The highest BCUT2D eigenvalue weighted by Gasteiger charge is 2.16. The molecule has 0 saturated carbocycles. The maximum absolute atomic E-state index is 12.5. The molecule has 0 spiro atoms. The molecule has 26 heavy (non-hydrogen) atoms. The van der Waals surface area contributed by atoms with E-state index in [-0.39, 0.29) is 5.91 Å². The van der Waals surface area contributed by atoms with Gasteiger partial charge in [0.25, 0.3) is 5.91 Å². The minimum Gasteiger partial charge on any atom is -0.471 e. The normalized spacial score (nSPS) is 11.0. The molecule has 0 aliphatic carbocycles. The average molecular weight is 366 g/mol. The van der Waals surface area contributed by atoms with Crippen LogP contribution in [-0.4, -0.2) is 15.7 Å². The molecular formula is C20H16ClN3O2. The lowest BCUT2D eigenvalue weighted by Crippen LogP contribution is -2.13. The van der Waals surface area contributed by atoms with Gasteiger partial charge >= 0.3 is 0 Å². The Morgan fingerprint density at radius 3 is 2.65 bits per heavy atom. The van der Waals surface area contributed by atoms with Crippen molar-refractivity contribution in [2.24, 2.45) is 0 Å². The zero-order chi connectivity index (χ0) is 18.1. The number of fused-ring (bicyclic) bond motifs is 1. The van der Waals surface area contributed by atoms with Crippen LogP contribution in [0.2, 0.25) is 5.02 Å². The minimum atomic E-state index is -0.238. The summed E-state index contributed by atoms with van der Waals surface area (Å²) < 4.78 is 6.96. The number of anilines is 1. The molecule has 0 fully saturated rings. The molecule has 2 heterocycles. The van der Waals surface area contributed by atoms with Crippen molar-refractivity contribution in [2.75, 3.05) is 5.32 Å². The lowest BCUT2D eigenvalue weighted by atomic mass is 10.2. The van der Waals surface area contributed by atoms with Gasteiger partial charge in [0.2, 0.25) is 0 Å². The van der Waals surface area contributed by atoms with Crippen LogP contribution in [0.15, 0.2) is 65.5 Å². The largest absolute Gasteiger partial charge is 0.471 e. The number of aryl methyl sites for hydroxylation is 1. The highest BCUT2D eigenvalue weighted by molar-refractivity contribution is 6.30. The van der Waals surface area contributed by atoms with Crippen LogP contribution in [0.1, 0.15) is 21.5 Å². The number of carbonyl (C=O) groups excluding carboxylic acids is 1. The van der Waals surface area contributed by atoms with Crippen molar-refractivity contribution < 1.29 is 9.21 Å². The maximum atomic E-state index is 12.5. The number of benzene rings is 2. The molecule has 5 nitrogen and oxygen atoms in total. The van der Waals surface area contributed by atoms with Crippen LogP contribution in [0.5, 0.6) is 0 Å². The van der Waals surface area contributed by atoms with Gasteiger partial charge in [0.15, 0.2) is 5.82 Å². The zero-order valence-corrected chi connectivity index (χ0v) is 14.8. The van der Waals surface area contributed by atoms with Gasteiger partial charge in [-0.25, -0.2) is 0 Å². The number of para-hydroxylation sites is 1. The number of carbonyl (C=O) groups is 1. The highest BCUT2D eigenvalue weighted by Crippen LogP contribution is 2.25. The van der Waals surface area contributed by atoms with Crippen molar-refractivity contribution in [3.8, 4) is 0 Å². The second kappa shape index (κ2) is 6.69. The Morgan fingerprint density at radius 1 is 1.15 bits per heavy atom. The Morgan fingerprint density at radius 2 is 1.92 bits per heavy atom. The summed E-state index contributed by atoms with van der Waals surface area (Å²) in [6.45, 7) is 2.41. The highest BCUT2D eigenvalue weighted by atomic mass is 35.5. The molecule has 0 unspecified atom stereocenters. The number of aromatic nitrogens is 2. The van der Waals surface area contributed by atoms with Crippen molar-refractivity contribution >= 4 is 34.2 Å². The van der Waals surface area contributed by atoms with Crippen molar-refractivity contribution in [3.05, 3.63) is 82.8 Å². The summed E-state index contributed by atoms with van der Waals surface area (Å²) in [6, 6.07) is 15.4. The summed E-state index contributed by atoms with van der Waals surface area (Å²) in [6.07, 6.45) is 2.99. The van der Waals surface area contributed by atoms with Gasteiger partial charge in [0, 0.05) is 10.4 Å². The van der Waals surface area contributed by atoms with Gasteiger partial charge < -0.3 is 9.73 Å². The molecule has 0 aliphatic rings. The van der Waals surface area contributed by atoms with Gasteiger partial charge in [-0.15, -0.1) is 0 Å². The first-order valence-corrected chi connectivity index (χ1v) is 8.54. The molecule has 6 heteroatoms. The smallest absolute Gasteiger partial charge is 0.260 e. The molecule has 1 amide bonds. The monoisotopic (exact) mass is 365 g/mol. The van der Waals surface area contributed by atoms with Gasteiger partial charge in [-0.3, -0.25) is 9.48 Å². The van der Waals surface area contributed by atoms with E-state index in [9.17, 15) is 4.79 Å². The summed E-state index contributed by atoms with van der Waals surface area (Å²) in [5, 5.41) is 9.08. The molecule has 0 saturated heterocycles.